The van der Waals surface area contributed by atoms with E-state index in [9.17, 15) is 9.59 Å². The first-order valence-corrected chi connectivity index (χ1v) is 6.42. The Labute approximate surface area is 123 Å². The summed E-state index contributed by atoms with van der Waals surface area (Å²) in [6.07, 6.45) is 0.181. The highest BCUT2D eigenvalue weighted by Crippen LogP contribution is 2.16. The molecule has 0 aliphatic carbocycles. The molecule has 1 aromatic carbocycles. The Hall–Kier alpha value is -2.12. The topological polar surface area (TPSA) is 99.9 Å². The van der Waals surface area contributed by atoms with Crippen molar-refractivity contribution < 1.29 is 23.8 Å². The number of benzene rings is 1. The van der Waals surface area contributed by atoms with E-state index in [-0.39, 0.29) is 31.5 Å². The summed E-state index contributed by atoms with van der Waals surface area (Å²) in [5.41, 5.74) is 6.21. The molecule has 0 fully saturated rings. The van der Waals surface area contributed by atoms with Crippen LogP contribution in [0.5, 0.6) is 5.75 Å². The molecule has 0 aliphatic rings. The van der Waals surface area contributed by atoms with Gasteiger partial charge in [0.2, 0.25) is 5.91 Å². The van der Waals surface area contributed by atoms with Crippen LogP contribution in [0.2, 0.25) is 0 Å². The fourth-order valence-electron chi connectivity index (χ4n) is 1.48. The van der Waals surface area contributed by atoms with Gasteiger partial charge in [-0.15, -0.1) is 0 Å². The number of esters is 1. The SMILES string of the molecule is COCC(N)C(=O)Nc1ccc(OCCC(=O)OC)cc1. The number of nitrogens with one attached hydrogen (secondary N) is 1. The van der Waals surface area contributed by atoms with Crippen LogP contribution in [0.25, 0.3) is 0 Å². The summed E-state index contributed by atoms with van der Waals surface area (Å²) in [5, 5.41) is 2.66. The highest BCUT2D eigenvalue weighted by molar-refractivity contribution is 5.94. The van der Waals surface area contributed by atoms with Crippen molar-refractivity contribution in [1.82, 2.24) is 0 Å². The molecule has 1 unspecified atom stereocenters. The number of rotatable bonds is 8. The van der Waals surface area contributed by atoms with E-state index >= 15 is 0 Å². The van der Waals surface area contributed by atoms with E-state index in [1.54, 1.807) is 24.3 Å². The number of hydrogen-bond donors (Lipinski definition) is 2. The molecule has 7 heteroatoms. The van der Waals surface area contributed by atoms with E-state index in [0.29, 0.717) is 11.4 Å². The number of carbonyl (C=O) groups is 2. The summed E-state index contributed by atoms with van der Waals surface area (Å²) < 4.78 is 14.7. The van der Waals surface area contributed by atoms with Gasteiger partial charge in [-0.25, -0.2) is 0 Å². The Balaban J connectivity index is 2.43. The minimum absolute atomic E-state index is 0.153. The summed E-state index contributed by atoms with van der Waals surface area (Å²) in [5.74, 6) is -0.0553. The average Bonchev–Trinajstić information content (AvgIpc) is 2.49. The molecular formula is C14H20N2O5. The Bertz CT molecular complexity index is 461. The number of hydrogen-bond acceptors (Lipinski definition) is 6. The molecule has 0 saturated carbocycles. The first kappa shape index (κ1) is 16.9. The molecular weight excluding hydrogens is 276 g/mol. The fraction of sp³-hybridized carbons (Fsp3) is 0.429. The largest absolute Gasteiger partial charge is 0.493 e. The number of amides is 1. The molecule has 0 saturated heterocycles. The Kier molecular flexibility index (Phi) is 7.20. The second-order valence-corrected chi connectivity index (χ2v) is 4.25. The van der Waals surface area contributed by atoms with Crippen molar-refractivity contribution in [2.75, 3.05) is 32.8 Å². The van der Waals surface area contributed by atoms with Crippen molar-refractivity contribution in [2.45, 2.75) is 12.5 Å². The molecule has 21 heavy (non-hydrogen) atoms. The lowest BCUT2D eigenvalue weighted by atomic mass is 10.2. The zero-order chi connectivity index (χ0) is 15.7. The molecule has 7 nitrogen and oxygen atoms in total. The van der Waals surface area contributed by atoms with Crippen LogP contribution in [0.15, 0.2) is 24.3 Å². The van der Waals surface area contributed by atoms with E-state index in [1.165, 1.54) is 14.2 Å². The van der Waals surface area contributed by atoms with Gasteiger partial charge in [-0.1, -0.05) is 0 Å². The van der Waals surface area contributed by atoms with Crippen molar-refractivity contribution in [3.05, 3.63) is 24.3 Å². The van der Waals surface area contributed by atoms with Gasteiger partial charge < -0.3 is 25.3 Å². The van der Waals surface area contributed by atoms with Gasteiger partial charge >= 0.3 is 5.97 Å². The number of nitrogens with two attached hydrogens (primary N) is 1. The smallest absolute Gasteiger partial charge is 0.308 e. The normalized spacial score (nSPS) is 11.6. The van der Waals surface area contributed by atoms with Gasteiger partial charge in [-0.05, 0) is 24.3 Å². The van der Waals surface area contributed by atoms with Crippen LogP contribution in [0, 0.1) is 0 Å². The Morgan fingerprint density at radius 2 is 1.90 bits per heavy atom. The maximum absolute atomic E-state index is 11.7. The maximum Gasteiger partial charge on any atom is 0.308 e. The predicted molar refractivity (Wildman–Crippen MR) is 77.1 cm³/mol. The van der Waals surface area contributed by atoms with E-state index in [1.807, 2.05) is 0 Å². The van der Waals surface area contributed by atoms with Crippen molar-refractivity contribution in [2.24, 2.45) is 5.73 Å². The number of carbonyl (C=O) groups excluding carboxylic acids is 2. The van der Waals surface area contributed by atoms with Gasteiger partial charge in [0.25, 0.3) is 0 Å². The molecule has 0 radical (unpaired) electrons. The second-order valence-electron chi connectivity index (χ2n) is 4.25. The van der Waals surface area contributed by atoms with Gasteiger partial charge in [-0.3, -0.25) is 9.59 Å². The predicted octanol–water partition coefficient (Wildman–Crippen LogP) is 0.541. The molecule has 0 aromatic heterocycles. The average molecular weight is 296 g/mol. The van der Waals surface area contributed by atoms with Crippen molar-refractivity contribution >= 4 is 17.6 Å². The molecule has 116 valence electrons. The third kappa shape index (κ3) is 6.24. The summed E-state index contributed by atoms with van der Waals surface area (Å²) in [7, 11) is 2.81. The molecule has 0 aliphatic heterocycles. The van der Waals surface area contributed by atoms with E-state index < -0.39 is 6.04 Å². The van der Waals surface area contributed by atoms with Crippen LogP contribution in [-0.2, 0) is 19.1 Å². The zero-order valence-electron chi connectivity index (χ0n) is 12.1. The van der Waals surface area contributed by atoms with Crippen LogP contribution >= 0.6 is 0 Å². The van der Waals surface area contributed by atoms with Crippen LogP contribution in [-0.4, -0.2) is 45.4 Å². The summed E-state index contributed by atoms with van der Waals surface area (Å²) in [6, 6.07) is 6.03. The van der Waals surface area contributed by atoms with E-state index in [4.69, 9.17) is 15.2 Å². The number of anilines is 1. The highest BCUT2D eigenvalue weighted by Gasteiger charge is 2.12. The van der Waals surface area contributed by atoms with Gasteiger partial charge in [0.1, 0.15) is 11.8 Å². The second kappa shape index (κ2) is 8.93. The lowest BCUT2D eigenvalue weighted by Crippen LogP contribution is -2.39. The minimum Gasteiger partial charge on any atom is -0.493 e. The van der Waals surface area contributed by atoms with Crippen LogP contribution < -0.4 is 15.8 Å². The molecule has 1 aromatic rings. The van der Waals surface area contributed by atoms with Crippen LogP contribution in [0.3, 0.4) is 0 Å². The third-order valence-corrected chi connectivity index (χ3v) is 2.61. The van der Waals surface area contributed by atoms with Crippen LogP contribution in [0.1, 0.15) is 6.42 Å². The maximum atomic E-state index is 11.7. The third-order valence-electron chi connectivity index (χ3n) is 2.61. The van der Waals surface area contributed by atoms with E-state index in [0.717, 1.165) is 0 Å². The molecule has 0 heterocycles. The van der Waals surface area contributed by atoms with E-state index in [2.05, 4.69) is 10.1 Å². The minimum atomic E-state index is -0.717. The number of methoxy groups -OCH3 is 2. The summed E-state index contributed by atoms with van der Waals surface area (Å²) in [6.45, 7) is 0.387. The van der Waals surface area contributed by atoms with Gasteiger partial charge in [-0.2, -0.15) is 0 Å². The number of ether oxygens (including phenoxy) is 3. The molecule has 1 amide bonds. The monoisotopic (exact) mass is 296 g/mol. The van der Waals surface area contributed by atoms with Crippen molar-refractivity contribution in [3.8, 4) is 5.75 Å². The molecule has 1 atom stereocenters. The van der Waals surface area contributed by atoms with Crippen molar-refractivity contribution in [3.63, 3.8) is 0 Å². The van der Waals surface area contributed by atoms with Gasteiger partial charge in [0, 0.05) is 12.8 Å². The zero-order valence-corrected chi connectivity index (χ0v) is 12.1. The summed E-state index contributed by atoms with van der Waals surface area (Å²) >= 11 is 0. The molecule has 1 rings (SSSR count). The standard InChI is InChI=1S/C14H20N2O5/c1-19-9-12(15)14(18)16-10-3-5-11(6-4-10)21-8-7-13(17)20-2/h3-6,12H,7-9,15H2,1-2H3,(H,16,18). The van der Waals surface area contributed by atoms with Crippen molar-refractivity contribution in [1.29, 1.82) is 0 Å². The highest BCUT2D eigenvalue weighted by atomic mass is 16.5. The van der Waals surface area contributed by atoms with Crippen LogP contribution in [0.4, 0.5) is 5.69 Å². The lowest BCUT2D eigenvalue weighted by molar-refractivity contribution is -0.141. The molecule has 3 N–H and O–H groups in total. The molecule has 0 spiro atoms. The Morgan fingerprint density at radius 1 is 1.24 bits per heavy atom. The first-order chi connectivity index (χ1) is 10.1. The van der Waals surface area contributed by atoms with Gasteiger partial charge in [0.05, 0.1) is 26.7 Å². The molecule has 0 bridgehead atoms. The first-order valence-electron chi connectivity index (χ1n) is 6.42. The summed E-state index contributed by atoms with van der Waals surface area (Å²) in [4.78, 5) is 22.6. The Morgan fingerprint density at radius 3 is 2.48 bits per heavy atom. The lowest BCUT2D eigenvalue weighted by Gasteiger charge is -2.11. The fourth-order valence-corrected chi connectivity index (χ4v) is 1.48. The quantitative estimate of drug-likeness (QED) is 0.679. The van der Waals surface area contributed by atoms with Gasteiger partial charge in [0.15, 0.2) is 0 Å².